The average Bonchev–Trinajstić information content (AvgIpc) is 2.22. The molecule has 0 unspecified atom stereocenters. The van der Waals surface area contributed by atoms with Crippen LogP contribution in [-0.2, 0) is 0 Å². The van der Waals surface area contributed by atoms with Crippen molar-refractivity contribution in [1.29, 1.82) is 0 Å². The summed E-state index contributed by atoms with van der Waals surface area (Å²) in [6.45, 7) is 0. The molecular formula is C10H6Cl2FN3O. The van der Waals surface area contributed by atoms with Crippen molar-refractivity contribution >= 4 is 29.2 Å². The molecule has 1 aromatic heterocycles. The molecule has 0 saturated carbocycles. The van der Waals surface area contributed by atoms with Crippen LogP contribution in [0.3, 0.4) is 0 Å². The molecule has 2 N–H and O–H groups in total. The van der Waals surface area contributed by atoms with Crippen molar-refractivity contribution in [3.05, 3.63) is 40.3 Å². The summed E-state index contributed by atoms with van der Waals surface area (Å²) in [5.74, 6) is -0.246. The number of anilines is 1. The van der Waals surface area contributed by atoms with E-state index in [0.29, 0.717) is 0 Å². The van der Waals surface area contributed by atoms with Crippen molar-refractivity contribution in [2.75, 3.05) is 5.73 Å². The molecule has 1 heterocycles. The fourth-order valence-electron chi connectivity index (χ4n) is 1.13. The Labute approximate surface area is 106 Å². The van der Waals surface area contributed by atoms with Gasteiger partial charge in [-0.25, -0.2) is 9.37 Å². The normalized spacial score (nSPS) is 10.3. The van der Waals surface area contributed by atoms with Crippen LogP contribution in [0.15, 0.2) is 24.3 Å². The summed E-state index contributed by atoms with van der Waals surface area (Å²) >= 11 is 11.2. The van der Waals surface area contributed by atoms with Crippen molar-refractivity contribution in [3.8, 4) is 11.6 Å². The Morgan fingerprint density at radius 2 is 1.94 bits per heavy atom. The minimum Gasteiger partial charge on any atom is -0.439 e. The van der Waals surface area contributed by atoms with Crippen LogP contribution < -0.4 is 10.5 Å². The van der Waals surface area contributed by atoms with Gasteiger partial charge in [0.15, 0.2) is 0 Å². The zero-order valence-electron chi connectivity index (χ0n) is 8.32. The predicted molar refractivity (Wildman–Crippen MR) is 62.9 cm³/mol. The number of hydrogen-bond acceptors (Lipinski definition) is 4. The van der Waals surface area contributed by atoms with Gasteiger partial charge in [-0.2, -0.15) is 4.98 Å². The number of nitrogen functional groups attached to an aromatic ring is 1. The predicted octanol–water partition coefficient (Wildman–Crippen LogP) is 3.30. The Morgan fingerprint density at radius 3 is 2.59 bits per heavy atom. The lowest BCUT2D eigenvalue weighted by atomic mass is 10.3. The zero-order valence-corrected chi connectivity index (χ0v) is 9.84. The van der Waals surface area contributed by atoms with Gasteiger partial charge in [-0.15, -0.1) is 0 Å². The summed E-state index contributed by atoms with van der Waals surface area (Å²) < 4.78 is 18.4. The van der Waals surface area contributed by atoms with E-state index in [9.17, 15) is 4.39 Å². The van der Waals surface area contributed by atoms with Crippen LogP contribution in [0.1, 0.15) is 0 Å². The molecule has 17 heavy (non-hydrogen) atoms. The molecule has 0 bridgehead atoms. The van der Waals surface area contributed by atoms with E-state index in [1.54, 1.807) is 0 Å². The number of rotatable bonds is 2. The lowest BCUT2D eigenvalue weighted by Crippen LogP contribution is -1.97. The van der Waals surface area contributed by atoms with Gasteiger partial charge in [0, 0.05) is 12.1 Å². The standard InChI is InChI=1S/C10H6Cl2FN3O/c11-6-2-1-5(3-7(6)13)17-9-4-8(12)15-10(14)16-9/h1-4H,(H2,14,15,16). The first-order chi connectivity index (χ1) is 8.04. The van der Waals surface area contributed by atoms with Crippen LogP contribution in [-0.4, -0.2) is 9.97 Å². The highest BCUT2D eigenvalue weighted by Gasteiger charge is 2.06. The maximum Gasteiger partial charge on any atom is 0.225 e. The first-order valence-corrected chi connectivity index (χ1v) is 5.23. The van der Waals surface area contributed by atoms with Gasteiger partial charge in [0.05, 0.1) is 5.02 Å². The van der Waals surface area contributed by atoms with Crippen molar-refractivity contribution in [3.63, 3.8) is 0 Å². The Morgan fingerprint density at radius 1 is 1.18 bits per heavy atom. The molecule has 7 heteroatoms. The van der Waals surface area contributed by atoms with Gasteiger partial charge in [0.2, 0.25) is 11.8 Å². The Kier molecular flexibility index (Phi) is 3.31. The summed E-state index contributed by atoms with van der Waals surface area (Å²) in [5, 5.41) is 0.152. The van der Waals surface area contributed by atoms with Gasteiger partial charge in [-0.05, 0) is 12.1 Å². The lowest BCUT2D eigenvalue weighted by molar-refractivity contribution is 0.458. The van der Waals surface area contributed by atoms with Crippen LogP contribution in [0, 0.1) is 5.82 Å². The summed E-state index contributed by atoms with van der Waals surface area (Å²) in [4.78, 5) is 7.45. The number of nitrogens with zero attached hydrogens (tertiary/aromatic N) is 2. The number of hydrogen-bond donors (Lipinski definition) is 1. The van der Waals surface area contributed by atoms with Crippen LogP contribution in [0.4, 0.5) is 10.3 Å². The summed E-state index contributed by atoms with van der Waals surface area (Å²) in [7, 11) is 0. The molecule has 0 aliphatic heterocycles. The van der Waals surface area contributed by atoms with Gasteiger partial charge in [0.1, 0.15) is 16.7 Å². The molecule has 0 saturated heterocycles. The van der Waals surface area contributed by atoms with E-state index in [1.807, 2.05) is 0 Å². The third-order valence-electron chi connectivity index (χ3n) is 1.80. The Hall–Kier alpha value is -1.59. The second-order valence-electron chi connectivity index (χ2n) is 3.07. The summed E-state index contributed by atoms with van der Waals surface area (Å²) in [6, 6.07) is 5.37. The Bertz CT molecular complexity index is 545. The van der Waals surface area contributed by atoms with E-state index in [2.05, 4.69) is 9.97 Å². The van der Waals surface area contributed by atoms with Crippen LogP contribution in [0.25, 0.3) is 0 Å². The highest BCUT2D eigenvalue weighted by atomic mass is 35.5. The third kappa shape index (κ3) is 2.95. The molecule has 0 aliphatic rings. The highest BCUT2D eigenvalue weighted by Crippen LogP contribution is 2.25. The van der Waals surface area contributed by atoms with Crippen molar-refractivity contribution < 1.29 is 9.13 Å². The first kappa shape index (κ1) is 11.9. The Balaban J connectivity index is 2.28. The maximum absolute atomic E-state index is 13.1. The van der Waals surface area contributed by atoms with E-state index in [-0.39, 0.29) is 27.8 Å². The molecule has 1 aromatic carbocycles. The van der Waals surface area contributed by atoms with E-state index >= 15 is 0 Å². The summed E-state index contributed by atoms with van der Waals surface area (Å²) in [6.07, 6.45) is 0. The molecule has 88 valence electrons. The average molecular weight is 274 g/mol. The van der Waals surface area contributed by atoms with Gasteiger partial charge in [0.25, 0.3) is 0 Å². The molecule has 0 fully saturated rings. The number of nitrogens with two attached hydrogens (primary N) is 1. The number of ether oxygens (including phenoxy) is 1. The van der Waals surface area contributed by atoms with Crippen LogP contribution in [0.2, 0.25) is 10.2 Å². The second-order valence-corrected chi connectivity index (χ2v) is 3.86. The fraction of sp³-hybridized carbons (Fsp3) is 0. The SMILES string of the molecule is Nc1nc(Cl)cc(Oc2ccc(Cl)c(F)c2)n1. The largest absolute Gasteiger partial charge is 0.439 e. The first-order valence-electron chi connectivity index (χ1n) is 4.47. The molecule has 0 spiro atoms. The van der Waals surface area contributed by atoms with Crippen LogP contribution >= 0.6 is 23.2 Å². The second kappa shape index (κ2) is 4.73. The monoisotopic (exact) mass is 273 g/mol. The van der Waals surface area contributed by atoms with Gasteiger partial charge < -0.3 is 10.5 Å². The molecule has 2 rings (SSSR count). The maximum atomic E-state index is 13.1. The molecule has 2 aromatic rings. The van der Waals surface area contributed by atoms with Gasteiger partial charge >= 0.3 is 0 Å². The lowest BCUT2D eigenvalue weighted by Gasteiger charge is -2.05. The van der Waals surface area contributed by atoms with E-state index in [4.69, 9.17) is 33.7 Å². The third-order valence-corrected chi connectivity index (χ3v) is 2.30. The molecule has 0 radical (unpaired) electrons. The smallest absolute Gasteiger partial charge is 0.225 e. The van der Waals surface area contributed by atoms with Crippen molar-refractivity contribution in [2.45, 2.75) is 0 Å². The molecular weight excluding hydrogens is 268 g/mol. The molecule has 0 atom stereocenters. The zero-order chi connectivity index (χ0) is 12.4. The topological polar surface area (TPSA) is 61.0 Å². The van der Waals surface area contributed by atoms with Gasteiger partial charge in [-0.3, -0.25) is 0 Å². The molecule has 4 nitrogen and oxygen atoms in total. The molecule has 0 amide bonds. The van der Waals surface area contributed by atoms with E-state index < -0.39 is 5.82 Å². The minimum absolute atomic E-state index is 0.0117. The fourth-order valence-corrected chi connectivity index (χ4v) is 1.42. The van der Waals surface area contributed by atoms with E-state index in [0.717, 1.165) is 6.07 Å². The number of aromatic nitrogens is 2. The molecule has 0 aliphatic carbocycles. The highest BCUT2D eigenvalue weighted by molar-refractivity contribution is 6.30. The van der Waals surface area contributed by atoms with E-state index in [1.165, 1.54) is 18.2 Å². The number of halogens is 3. The number of benzene rings is 1. The van der Waals surface area contributed by atoms with Gasteiger partial charge in [-0.1, -0.05) is 23.2 Å². The summed E-state index contributed by atoms with van der Waals surface area (Å²) in [5.41, 5.74) is 5.39. The quantitative estimate of drug-likeness (QED) is 0.853. The van der Waals surface area contributed by atoms with Crippen molar-refractivity contribution in [2.24, 2.45) is 0 Å². The van der Waals surface area contributed by atoms with Crippen LogP contribution in [0.5, 0.6) is 11.6 Å². The van der Waals surface area contributed by atoms with Crippen molar-refractivity contribution in [1.82, 2.24) is 9.97 Å². The minimum atomic E-state index is -0.586.